The molecule has 1 rings (SSSR count). The van der Waals surface area contributed by atoms with Gasteiger partial charge in [0.2, 0.25) is 0 Å². The third kappa shape index (κ3) is 1.13. The summed E-state index contributed by atoms with van der Waals surface area (Å²) in [5, 5.41) is 0. The number of nitrogens with zero attached hydrogens (tertiary/aromatic N) is 1. The van der Waals surface area contributed by atoms with Crippen LogP contribution in [0.15, 0.2) is 12.3 Å². The summed E-state index contributed by atoms with van der Waals surface area (Å²) in [5.74, 6) is 0. The molecule has 0 atom stereocenters. The van der Waals surface area contributed by atoms with Crippen LogP contribution in [0.4, 0.5) is 0 Å². The van der Waals surface area contributed by atoms with E-state index in [-0.39, 0.29) is 0 Å². The molecule has 0 saturated heterocycles. The molecule has 1 aliphatic heterocycles. The Hall–Kier alpha value is -0.110. The standard InChI is InChI=1S/C5H9NS/c1-7-6-4-2-3-5-6/h2,4H,3,5H2,1H3. The van der Waals surface area contributed by atoms with Crippen LogP contribution in [-0.4, -0.2) is 17.1 Å². The Bertz CT molecular complexity index is 80.1. The zero-order valence-corrected chi connectivity index (χ0v) is 5.24. The van der Waals surface area contributed by atoms with Crippen LogP contribution >= 0.6 is 11.9 Å². The predicted octanol–water partition coefficient (Wildman–Crippen LogP) is 1.48. The molecular weight excluding hydrogens is 106 g/mol. The van der Waals surface area contributed by atoms with Crippen molar-refractivity contribution in [1.29, 1.82) is 0 Å². The van der Waals surface area contributed by atoms with Gasteiger partial charge in [-0.15, -0.1) is 0 Å². The van der Waals surface area contributed by atoms with Gasteiger partial charge >= 0.3 is 0 Å². The summed E-state index contributed by atoms with van der Waals surface area (Å²) in [7, 11) is 0. The largest absolute Gasteiger partial charge is 0.323 e. The van der Waals surface area contributed by atoms with Crippen molar-refractivity contribution >= 4 is 11.9 Å². The molecule has 1 aliphatic rings. The van der Waals surface area contributed by atoms with Gasteiger partial charge in [0.05, 0.1) is 0 Å². The zero-order chi connectivity index (χ0) is 5.11. The summed E-state index contributed by atoms with van der Waals surface area (Å²) in [6.45, 7) is 1.20. The first-order valence-electron chi connectivity index (χ1n) is 2.41. The highest BCUT2D eigenvalue weighted by molar-refractivity contribution is 7.96. The van der Waals surface area contributed by atoms with E-state index in [4.69, 9.17) is 0 Å². The SMILES string of the molecule is CSN1C=CCC1. The molecule has 0 radical (unpaired) electrons. The van der Waals surface area contributed by atoms with Gasteiger partial charge in [-0.3, -0.25) is 0 Å². The summed E-state index contributed by atoms with van der Waals surface area (Å²) in [4.78, 5) is 0. The van der Waals surface area contributed by atoms with Crippen LogP contribution in [0.3, 0.4) is 0 Å². The molecule has 40 valence electrons. The fourth-order valence-corrected chi connectivity index (χ4v) is 1.12. The van der Waals surface area contributed by atoms with Crippen molar-refractivity contribution in [3.8, 4) is 0 Å². The Morgan fingerprint density at radius 3 is 2.86 bits per heavy atom. The van der Waals surface area contributed by atoms with E-state index in [0.29, 0.717) is 0 Å². The highest BCUT2D eigenvalue weighted by Crippen LogP contribution is 2.11. The molecule has 0 unspecified atom stereocenters. The Morgan fingerprint density at radius 2 is 2.57 bits per heavy atom. The van der Waals surface area contributed by atoms with Crippen molar-refractivity contribution in [3.05, 3.63) is 12.3 Å². The molecule has 0 aliphatic carbocycles. The maximum atomic E-state index is 2.22. The molecular formula is C5H9NS. The number of hydrogen-bond acceptors (Lipinski definition) is 2. The maximum Gasteiger partial charge on any atom is 0.0324 e. The van der Waals surface area contributed by atoms with Crippen LogP contribution in [0.2, 0.25) is 0 Å². The van der Waals surface area contributed by atoms with Crippen molar-refractivity contribution in [2.75, 3.05) is 12.8 Å². The van der Waals surface area contributed by atoms with Gasteiger partial charge in [-0.05, 0) is 6.42 Å². The van der Waals surface area contributed by atoms with E-state index in [1.54, 1.807) is 11.9 Å². The quantitative estimate of drug-likeness (QED) is 0.476. The third-order valence-corrected chi connectivity index (χ3v) is 1.80. The molecule has 7 heavy (non-hydrogen) atoms. The normalized spacial score (nSPS) is 18.7. The van der Waals surface area contributed by atoms with E-state index in [1.807, 2.05) is 0 Å². The van der Waals surface area contributed by atoms with Crippen molar-refractivity contribution in [1.82, 2.24) is 4.31 Å². The molecule has 0 amide bonds. The van der Waals surface area contributed by atoms with Crippen LogP contribution in [0.5, 0.6) is 0 Å². The Balaban J connectivity index is 2.28. The van der Waals surface area contributed by atoms with Gasteiger partial charge in [0.25, 0.3) is 0 Å². The fraction of sp³-hybridized carbons (Fsp3) is 0.600. The maximum absolute atomic E-state index is 2.22. The Kier molecular flexibility index (Phi) is 1.63. The van der Waals surface area contributed by atoms with Gasteiger partial charge in [-0.2, -0.15) is 0 Å². The Labute approximate surface area is 48.5 Å². The van der Waals surface area contributed by atoms with E-state index >= 15 is 0 Å². The van der Waals surface area contributed by atoms with Crippen LogP contribution in [0.25, 0.3) is 0 Å². The second-order valence-electron chi connectivity index (χ2n) is 1.50. The first-order valence-corrected chi connectivity index (χ1v) is 3.59. The smallest absolute Gasteiger partial charge is 0.0324 e. The lowest BCUT2D eigenvalue weighted by Crippen LogP contribution is -2.01. The van der Waals surface area contributed by atoms with E-state index in [9.17, 15) is 0 Å². The minimum atomic E-state index is 1.20. The summed E-state index contributed by atoms with van der Waals surface area (Å²) in [5.41, 5.74) is 0. The van der Waals surface area contributed by atoms with Crippen LogP contribution < -0.4 is 0 Å². The summed E-state index contributed by atoms with van der Waals surface area (Å²) >= 11 is 1.78. The van der Waals surface area contributed by atoms with E-state index < -0.39 is 0 Å². The number of rotatable bonds is 1. The zero-order valence-electron chi connectivity index (χ0n) is 4.42. The molecule has 0 aromatic rings. The minimum Gasteiger partial charge on any atom is -0.323 e. The first kappa shape index (κ1) is 5.04. The molecule has 0 bridgehead atoms. The lowest BCUT2D eigenvalue weighted by molar-refractivity contribution is 0.674. The monoisotopic (exact) mass is 115 g/mol. The summed E-state index contributed by atoms with van der Waals surface area (Å²) in [6.07, 6.45) is 7.64. The van der Waals surface area contributed by atoms with Crippen molar-refractivity contribution in [2.24, 2.45) is 0 Å². The van der Waals surface area contributed by atoms with Gasteiger partial charge in [0.15, 0.2) is 0 Å². The van der Waals surface area contributed by atoms with Crippen LogP contribution in [0, 0.1) is 0 Å². The molecule has 0 aromatic carbocycles. The molecule has 0 saturated carbocycles. The van der Waals surface area contributed by atoms with Gasteiger partial charge in [-0.1, -0.05) is 18.0 Å². The molecule has 0 aromatic heterocycles. The molecule has 2 heteroatoms. The Morgan fingerprint density at radius 1 is 1.71 bits per heavy atom. The number of hydrogen-bond donors (Lipinski definition) is 0. The van der Waals surface area contributed by atoms with Crippen molar-refractivity contribution < 1.29 is 0 Å². The second kappa shape index (κ2) is 2.26. The lowest BCUT2D eigenvalue weighted by Gasteiger charge is -2.07. The summed E-state index contributed by atoms with van der Waals surface area (Å²) < 4.78 is 2.22. The average Bonchev–Trinajstić information content (AvgIpc) is 2.14. The molecule has 0 spiro atoms. The first-order chi connectivity index (χ1) is 3.43. The fourth-order valence-electron chi connectivity index (χ4n) is 0.621. The van der Waals surface area contributed by atoms with Crippen molar-refractivity contribution in [2.45, 2.75) is 6.42 Å². The predicted molar refractivity (Wildman–Crippen MR) is 34.0 cm³/mol. The third-order valence-electron chi connectivity index (χ3n) is 1.02. The van der Waals surface area contributed by atoms with Gasteiger partial charge in [-0.25, -0.2) is 0 Å². The highest BCUT2D eigenvalue weighted by atomic mass is 32.2. The molecule has 1 nitrogen and oxygen atoms in total. The van der Waals surface area contributed by atoms with Gasteiger partial charge in [0, 0.05) is 19.0 Å². The van der Waals surface area contributed by atoms with Crippen LogP contribution in [0.1, 0.15) is 6.42 Å². The summed E-state index contributed by atoms with van der Waals surface area (Å²) in [6, 6.07) is 0. The van der Waals surface area contributed by atoms with Crippen LogP contribution in [-0.2, 0) is 0 Å². The lowest BCUT2D eigenvalue weighted by atomic mass is 10.5. The van der Waals surface area contributed by atoms with E-state index in [1.165, 1.54) is 13.0 Å². The van der Waals surface area contributed by atoms with E-state index in [2.05, 4.69) is 22.8 Å². The second-order valence-corrected chi connectivity index (χ2v) is 2.33. The molecule has 1 heterocycles. The molecule has 0 fully saturated rings. The minimum absolute atomic E-state index is 1.20. The van der Waals surface area contributed by atoms with Gasteiger partial charge < -0.3 is 4.31 Å². The topological polar surface area (TPSA) is 3.24 Å². The van der Waals surface area contributed by atoms with Gasteiger partial charge in [0.1, 0.15) is 0 Å². The van der Waals surface area contributed by atoms with E-state index in [0.717, 1.165) is 0 Å². The average molecular weight is 115 g/mol. The highest BCUT2D eigenvalue weighted by Gasteiger charge is 1.98. The van der Waals surface area contributed by atoms with Crippen molar-refractivity contribution in [3.63, 3.8) is 0 Å². The molecule has 0 N–H and O–H groups in total.